The van der Waals surface area contributed by atoms with Crippen LogP contribution in [0.5, 0.6) is 17.2 Å². The first-order valence-electron chi connectivity index (χ1n) is 27.7. The Kier molecular flexibility index (Phi) is 20.2. The summed E-state index contributed by atoms with van der Waals surface area (Å²) in [7, 11) is 0. The topological polar surface area (TPSA) is 312 Å². The van der Waals surface area contributed by atoms with E-state index in [4.69, 9.17) is 4.74 Å². The van der Waals surface area contributed by atoms with Gasteiger partial charge in [-0.3, -0.25) is 39.8 Å². The van der Waals surface area contributed by atoms with Gasteiger partial charge in [-0.2, -0.15) is 15.3 Å². The molecule has 29 heteroatoms. The van der Waals surface area contributed by atoms with Crippen molar-refractivity contribution in [2.75, 3.05) is 16.0 Å². The van der Waals surface area contributed by atoms with E-state index in [0.29, 0.717) is 73.7 Å². The second kappa shape index (κ2) is 29.8. The molecule has 6 N–H and O–H groups in total. The Balaban J connectivity index is 0.000000143. The van der Waals surface area contributed by atoms with Gasteiger partial charge in [-0.1, -0.05) is 60.7 Å². The van der Waals surface area contributed by atoms with Gasteiger partial charge in [0.1, 0.15) is 51.3 Å². The number of hydrogen-bond donors (Lipinski definition) is 6. The highest BCUT2D eigenvalue weighted by molar-refractivity contribution is 7.99. The van der Waals surface area contributed by atoms with E-state index in [9.17, 15) is 37.7 Å². The van der Waals surface area contributed by atoms with Crippen LogP contribution in [0.2, 0.25) is 0 Å². The van der Waals surface area contributed by atoms with E-state index in [1.807, 2.05) is 84.9 Å². The van der Waals surface area contributed by atoms with Gasteiger partial charge in [0.15, 0.2) is 16.9 Å². The molecule has 0 saturated heterocycles. The Hall–Kier alpha value is -11.6. The number of nitrogens with one attached hydrogen (secondary N) is 6. The Bertz CT molecular complexity index is 4760. The average Bonchev–Trinajstić information content (AvgIpc) is 2.14. The molecule has 0 aliphatic rings. The third kappa shape index (κ3) is 17.4. The summed E-state index contributed by atoms with van der Waals surface area (Å²) < 4.78 is 46.3. The summed E-state index contributed by atoms with van der Waals surface area (Å²) in [4.78, 5) is 73.5. The van der Waals surface area contributed by atoms with Gasteiger partial charge < -0.3 is 25.4 Å². The van der Waals surface area contributed by atoms with E-state index < -0.39 is 11.3 Å². The van der Waals surface area contributed by atoms with Crippen LogP contribution in [0.1, 0.15) is 47.8 Å². The van der Waals surface area contributed by atoms with Gasteiger partial charge in [-0.25, -0.2) is 29.9 Å². The quantitative estimate of drug-likeness (QED) is 0.0190. The highest BCUT2D eigenvalue weighted by atomic mass is 32.2. The molecule has 0 fully saturated rings. The van der Waals surface area contributed by atoms with E-state index >= 15 is 0 Å². The summed E-state index contributed by atoms with van der Waals surface area (Å²) in [5, 5.41) is 44.5. The molecule has 0 spiro atoms. The first-order valence-corrected chi connectivity index (χ1v) is 30.6. The number of anilines is 3. The van der Waals surface area contributed by atoms with Gasteiger partial charge in [-0.15, -0.1) is 48.5 Å². The molecule has 93 heavy (non-hydrogen) atoms. The van der Waals surface area contributed by atoms with Crippen LogP contribution in [0.15, 0.2) is 229 Å². The molecular weight excluding hydrogens is 1260 g/mol. The standard InChI is InChI=1S/C25H19N5O2S.C20H14F3N5O2S.C19H14N6O3S/c31-24(29-19-9-11-21(12-10-19)32-20-7-2-1-3-8-20)18-6-4-5-17(13-18)15-33-25-22-14-28-30-23(22)26-16-27-25;21-20(22,23)30-15-6-4-14(5-7-15)27-18(29)13-3-1-2-12(8-13)10-31-19-16-9-26-28-17(16)24-11-25-19;26-18(23-14-5-2-6-15(8-14)25(27)28)13-4-1-3-12(7-13)10-29-19-16-9-22-24-17(16)20-11-21-19/h1-14,16H,15H2,(H,29,31)(H,26,27,28,30);1-9,11H,10H2,(H,27,29)(H,24,25,26,28);1-9,11H,10H2,(H,23,26)(H,20,21,22,24). The Morgan fingerprint density at radius 1 is 0.452 bits per heavy atom. The number of nitro benzene ring substituents is 1. The minimum absolute atomic E-state index is 0.0802. The molecule has 0 radical (unpaired) electrons. The van der Waals surface area contributed by atoms with Crippen molar-refractivity contribution in [3.63, 3.8) is 0 Å². The molecule has 23 nitrogen and oxygen atoms in total. The van der Waals surface area contributed by atoms with Crippen molar-refractivity contribution >= 4 is 109 Å². The largest absolute Gasteiger partial charge is 0.573 e. The monoisotopic (exact) mass is 1300 g/mol. The lowest BCUT2D eigenvalue weighted by molar-refractivity contribution is -0.384. The van der Waals surface area contributed by atoms with Crippen molar-refractivity contribution in [1.82, 2.24) is 60.5 Å². The van der Waals surface area contributed by atoms with Crippen LogP contribution in [0, 0.1) is 10.1 Å². The molecule has 0 unspecified atom stereocenters. The van der Waals surface area contributed by atoms with E-state index in [-0.39, 0.29) is 29.2 Å². The molecule has 3 amide bonds. The minimum atomic E-state index is -4.77. The highest BCUT2D eigenvalue weighted by Crippen LogP contribution is 2.31. The minimum Gasteiger partial charge on any atom is -0.457 e. The molecule has 7 aromatic carbocycles. The number of ether oxygens (including phenoxy) is 2. The summed E-state index contributed by atoms with van der Waals surface area (Å²) in [6, 6.07) is 49.5. The maximum absolute atomic E-state index is 12.8. The Morgan fingerprint density at radius 2 is 0.839 bits per heavy atom. The number of rotatable bonds is 19. The smallest absolute Gasteiger partial charge is 0.457 e. The van der Waals surface area contributed by atoms with Gasteiger partial charge in [0.05, 0.1) is 39.7 Å². The van der Waals surface area contributed by atoms with Crippen LogP contribution in [0.3, 0.4) is 0 Å². The van der Waals surface area contributed by atoms with Crippen LogP contribution in [-0.2, 0) is 17.3 Å². The fourth-order valence-corrected chi connectivity index (χ4v) is 11.4. The molecule has 464 valence electrons. The first-order chi connectivity index (χ1) is 45.2. The molecule has 0 aliphatic heterocycles. The molecule has 0 bridgehead atoms. The molecule has 6 heterocycles. The third-order valence-electron chi connectivity index (χ3n) is 13.1. The third-order valence-corrected chi connectivity index (χ3v) is 16.3. The van der Waals surface area contributed by atoms with E-state index in [1.54, 1.807) is 78.9 Å². The van der Waals surface area contributed by atoms with Crippen molar-refractivity contribution in [1.29, 1.82) is 0 Å². The summed E-state index contributed by atoms with van der Waals surface area (Å²) in [6.45, 7) is 0. The number of aromatic amines is 3. The van der Waals surface area contributed by atoms with Crippen molar-refractivity contribution in [2.45, 2.75) is 38.7 Å². The maximum atomic E-state index is 12.8. The van der Waals surface area contributed by atoms with Crippen molar-refractivity contribution in [3.05, 3.63) is 257 Å². The number of fused-ring (bicyclic) bond motifs is 3. The lowest BCUT2D eigenvalue weighted by Gasteiger charge is -2.10. The normalized spacial score (nSPS) is 11.0. The van der Waals surface area contributed by atoms with Crippen molar-refractivity contribution in [2.24, 2.45) is 0 Å². The molecule has 0 saturated carbocycles. The fourth-order valence-electron chi connectivity index (χ4n) is 8.71. The number of halogens is 3. The molecular formula is C64H47F3N16O7S3. The highest BCUT2D eigenvalue weighted by Gasteiger charge is 2.31. The van der Waals surface area contributed by atoms with Gasteiger partial charge in [0.2, 0.25) is 0 Å². The number of para-hydroxylation sites is 1. The van der Waals surface area contributed by atoms with E-state index in [1.165, 1.54) is 72.8 Å². The maximum Gasteiger partial charge on any atom is 0.573 e. The van der Waals surface area contributed by atoms with Crippen LogP contribution in [0.25, 0.3) is 33.1 Å². The van der Waals surface area contributed by atoms with Gasteiger partial charge in [0, 0.05) is 63.1 Å². The summed E-state index contributed by atoms with van der Waals surface area (Å²) >= 11 is 4.59. The summed E-state index contributed by atoms with van der Waals surface area (Å²) in [5.41, 5.74) is 7.71. The number of non-ortho nitro benzene ring substituents is 1. The summed E-state index contributed by atoms with van der Waals surface area (Å²) in [6.07, 6.45) is 4.75. The van der Waals surface area contributed by atoms with E-state index in [2.05, 4.69) is 81.2 Å². The number of nitro groups is 1. The van der Waals surface area contributed by atoms with Crippen LogP contribution >= 0.6 is 35.3 Å². The van der Waals surface area contributed by atoms with Gasteiger partial charge in [0.25, 0.3) is 23.4 Å². The number of aromatic nitrogens is 12. The predicted octanol–water partition coefficient (Wildman–Crippen LogP) is 14.3. The average molecular weight is 1310 g/mol. The Morgan fingerprint density at radius 3 is 1.25 bits per heavy atom. The molecule has 0 aliphatic carbocycles. The fraction of sp³-hybridized carbons (Fsp3) is 0.0625. The summed E-state index contributed by atoms with van der Waals surface area (Å²) in [5.74, 6) is 2.07. The van der Waals surface area contributed by atoms with Gasteiger partial charge in [-0.05, 0) is 120 Å². The lowest BCUT2D eigenvalue weighted by atomic mass is 10.1. The number of carbonyl (C=O) groups is 3. The van der Waals surface area contributed by atoms with E-state index in [0.717, 1.165) is 65.8 Å². The molecule has 13 rings (SSSR count). The predicted molar refractivity (Wildman–Crippen MR) is 346 cm³/mol. The zero-order valence-corrected chi connectivity index (χ0v) is 50.5. The SMILES string of the molecule is O=C(Nc1ccc(OC(F)(F)F)cc1)c1cccc(CSc2ncnc3[nH]ncc23)c1.O=C(Nc1ccc(Oc2ccccc2)cc1)c1cccc(CSc2ncnc3[nH]ncc23)c1.O=C(Nc1cccc([N+](=O)[O-])c1)c1cccc(CSc2ncnc3[nH]ncc23)c1. The van der Waals surface area contributed by atoms with Crippen molar-refractivity contribution < 1.29 is 42.0 Å². The van der Waals surface area contributed by atoms with Gasteiger partial charge >= 0.3 is 6.36 Å². The number of carbonyl (C=O) groups excluding carboxylic acids is 3. The van der Waals surface area contributed by atoms with Crippen LogP contribution in [-0.4, -0.2) is 89.5 Å². The number of alkyl halides is 3. The van der Waals surface area contributed by atoms with Crippen molar-refractivity contribution in [3.8, 4) is 17.2 Å². The number of thioether (sulfide) groups is 3. The number of amides is 3. The zero-order chi connectivity index (χ0) is 64.5. The number of H-pyrrole nitrogens is 3. The second-order valence-corrected chi connectivity index (χ2v) is 22.5. The molecule has 6 aromatic heterocycles. The van der Waals surface area contributed by atoms with Crippen LogP contribution < -0.4 is 25.4 Å². The van der Waals surface area contributed by atoms with Crippen LogP contribution in [0.4, 0.5) is 35.9 Å². The number of hydrogen-bond acceptors (Lipinski definition) is 19. The zero-order valence-electron chi connectivity index (χ0n) is 48.0. The second-order valence-electron chi connectivity index (χ2n) is 19.6. The number of nitrogens with zero attached hydrogens (tertiary/aromatic N) is 10. The Labute approximate surface area is 537 Å². The number of benzene rings is 7. The first kappa shape index (κ1) is 63.0. The molecule has 13 aromatic rings. The lowest BCUT2D eigenvalue weighted by Crippen LogP contribution is -2.17. The molecule has 0 atom stereocenters.